The van der Waals surface area contributed by atoms with Crippen LogP contribution in [0.5, 0.6) is 0 Å². The number of hydrogen-bond donors (Lipinski definition) is 1. The second kappa shape index (κ2) is 5.85. The molecule has 0 saturated heterocycles. The standard InChI is InChI=1S/C15H12ClN3O4/c16-11-4-2-1-3-9(11)7-18-5-6-19-13(14(18)21)10(8-20)12(17-19)15(22)23/h1-4,8H,5-7H2,(H,22,23). The summed E-state index contributed by atoms with van der Waals surface area (Å²) in [5.41, 5.74) is 0.201. The second-order valence-corrected chi connectivity index (χ2v) is 5.48. The summed E-state index contributed by atoms with van der Waals surface area (Å²) in [6, 6.07) is 7.15. The van der Waals surface area contributed by atoms with E-state index in [9.17, 15) is 14.4 Å². The van der Waals surface area contributed by atoms with Gasteiger partial charge in [0, 0.05) is 18.1 Å². The maximum Gasteiger partial charge on any atom is 0.357 e. The number of carboxylic acid groups (broad SMARTS) is 1. The fourth-order valence-electron chi connectivity index (χ4n) is 2.58. The first-order valence-corrected chi connectivity index (χ1v) is 7.22. The minimum Gasteiger partial charge on any atom is -0.476 e. The van der Waals surface area contributed by atoms with Gasteiger partial charge in [0.25, 0.3) is 5.91 Å². The first kappa shape index (κ1) is 15.2. The molecule has 1 aromatic heterocycles. The molecule has 118 valence electrons. The predicted molar refractivity (Wildman–Crippen MR) is 80.8 cm³/mol. The van der Waals surface area contributed by atoms with Gasteiger partial charge in [-0.3, -0.25) is 14.3 Å². The highest BCUT2D eigenvalue weighted by Gasteiger charge is 2.33. The quantitative estimate of drug-likeness (QED) is 0.860. The monoisotopic (exact) mass is 333 g/mol. The van der Waals surface area contributed by atoms with Gasteiger partial charge in [0.05, 0.1) is 12.1 Å². The van der Waals surface area contributed by atoms with Crippen molar-refractivity contribution in [2.24, 2.45) is 0 Å². The van der Waals surface area contributed by atoms with E-state index in [4.69, 9.17) is 16.7 Å². The molecule has 0 spiro atoms. The zero-order valence-electron chi connectivity index (χ0n) is 11.9. The number of aldehydes is 1. The fourth-order valence-corrected chi connectivity index (χ4v) is 2.78. The number of carbonyl (C=O) groups is 3. The van der Waals surface area contributed by atoms with E-state index in [-0.39, 0.29) is 17.8 Å². The Balaban J connectivity index is 1.96. The van der Waals surface area contributed by atoms with Crippen molar-refractivity contribution in [3.05, 3.63) is 51.8 Å². The number of carbonyl (C=O) groups excluding carboxylic acids is 2. The lowest BCUT2D eigenvalue weighted by Crippen LogP contribution is -2.40. The van der Waals surface area contributed by atoms with E-state index in [1.807, 2.05) is 12.1 Å². The third kappa shape index (κ3) is 2.59. The molecule has 0 atom stereocenters. The van der Waals surface area contributed by atoms with Crippen molar-refractivity contribution in [1.82, 2.24) is 14.7 Å². The minimum absolute atomic E-state index is 0.00991. The number of halogens is 1. The number of hydrogen-bond acceptors (Lipinski definition) is 4. The lowest BCUT2D eigenvalue weighted by molar-refractivity contribution is 0.0670. The van der Waals surface area contributed by atoms with E-state index in [0.29, 0.717) is 24.4 Å². The van der Waals surface area contributed by atoms with Crippen LogP contribution in [0.25, 0.3) is 0 Å². The van der Waals surface area contributed by atoms with Gasteiger partial charge in [-0.2, -0.15) is 5.10 Å². The van der Waals surface area contributed by atoms with Crippen LogP contribution < -0.4 is 0 Å². The first-order valence-electron chi connectivity index (χ1n) is 6.85. The maximum atomic E-state index is 12.6. The molecule has 7 nitrogen and oxygen atoms in total. The SMILES string of the molecule is O=Cc1c(C(=O)O)nn2c1C(=O)N(Cc1ccccc1Cl)CC2. The van der Waals surface area contributed by atoms with Crippen molar-refractivity contribution < 1.29 is 19.5 Å². The number of rotatable bonds is 4. The van der Waals surface area contributed by atoms with Gasteiger partial charge in [-0.1, -0.05) is 29.8 Å². The van der Waals surface area contributed by atoms with Gasteiger partial charge < -0.3 is 10.0 Å². The highest BCUT2D eigenvalue weighted by atomic mass is 35.5. The van der Waals surface area contributed by atoms with Gasteiger partial charge in [0.15, 0.2) is 12.0 Å². The molecule has 3 rings (SSSR count). The van der Waals surface area contributed by atoms with E-state index in [2.05, 4.69) is 5.10 Å². The summed E-state index contributed by atoms with van der Waals surface area (Å²) in [5.74, 6) is -1.77. The Morgan fingerprint density at radius 3 is 2.74 bits per heavy atom. The number of nitrogens with zero attached hydrogens (tertiary/aromatic N) is 3. The number of fused-ring (bicyclic) bond motifs is 1. The van der Waals surface area contributed by atoms with Crippen LogP contribution in [0.2, 0.25) is 5.02 Å². The van der Waals surface area contributed by atoms with E-state index >= 15 is 0 Å². The van der Waals surface area contributed by atoms with E-state index in [0.717, 1.165) is 5.56 Å². The highest BCUT2D eigenvalue weighted by molar-refractivity contribution is 6.31. The van der Waals surface area contributed by atoms with Crippen LogP contribution in [0.1, 0.15) is 36.9 Å². The van der Waals surface area contributed by atoms with Crippen LogP contribution in [0.15, 0.2) is 24.3 Å². The Bertz CT molecular complexity index is 815. The molecule has 0 saturated carbocycles. The smallest absolute Gasteiger partial charge is 0.357 e. The molecule has 23 heavy (non-hydrogen) atoms. The van der Waals surface area contributed by atoms with E-state index in [1.165, 1.54) is 9.58 Å². The molecule has 0 bridgehead atoms. The summed E-state index contributed by atoms with van der Waals surface area (Å²) in [6.07, 6.45) is 0.360. The molecular formula is C15H12ClN3O4. The van der Waals surface area contributed by atoms with Crippen molar-refractivity contribution in [3.8, 4) is 0 Å². The Morgan fingerprint density at radius 1 is 1.35 bits per heavy atom. The molecule has 1 aliphatic heterocycles. The van der Waals surface area contributed by atoms with Gasteiger partial charge >= 0.3 is 5.97 Å². The van der Waals surface area contributed by atoms with Crippen LogP contribution >= 0.6 is 11.6 Å². The van der Waals surface area contributed by atoms with Crippen LogP contribution in [0.3, 0.4) is 0 Å². The third-order valence-electron chi connectivity index (χ3n) is 3.70. The highest BCUT2D eigenvalue weighted by Crippen LogP contribution is 2.23. The van der Waals surface area contributed by atoms with Crippen LogP contribution in [-0.4, -0.2) is 44.5 Å². The van der Waals surface area contributed by atoms with Crippen molar-refractivity contribution in [1.29, 1.82) is 0 Å². The average molecular weight is 334 g/mol. The summed E-state index contributed by atoms with van der Waals surface area (Å²) in [4.78, 5) is 36.5. The lowest BCUT2D eigenvalue weighted by Gasteiger charge is -2.28. The van der Waals surface area contributed by atoms with Crippen molar-refractivity contribution in [2.45, 2.75) is 13.1 Å². The largest absolute Gasteiger partial charge is 0.476 e. The molecule has 0 fully saturated rings. The maximum absolute atomic E-state index is 12.6. The summed E-state index contributed by atoms with van der Waals surface area (Å²) in [7, 11) is 0. The Labute approximate surface area is 136 Å². The van der Waals surface area contributed by atoms with Crippen LogP contribution in [0.4, 0.5) is 0 Å². The van der Waals surface area contributed by atoms with Crippen LogP contribution in [0, 0.1) is 0 Å². The summed E-state index contributed by atoms with van der Waals surface area (Å²) < 4.78 is 1.28. The van der Waals surface area contributed by atoms with E-state index < -0.39 is 17.6 Å². The summed E-state index contributed by atoms with van der Waals surface area (Å²) in [5, 5.41) is 13.5. The first-order chi connectivity index (χ1) is 11.0. The normalized spacial score (nSPS) is 13.8. The summed E-state index contributed by atoms with van der Waals surface area (Å²) in [6.45, 7) is 0.958. The molecule has 1 aromatic carbocycles. The number of benzene rings is 1. The molecule has 0 unspecified atom stereocenters. The minimum atomic E-state index is -1.33. The summed E-state index contributed by atoms with van der Waals surface area (Å²) >= 11 is 6.11. The van der Waals surface area contributed by atoms with Crippen LogP contribution in [-0.2, 0) is 13.1 Å². The molecule has 1 aliphatic rings. The predicted octanol–water partition coefficient (Wildman–Crippen LogP) is 1.70. The molecule has 2 aromatic rings. The lowest BCUT2D eigenvalue weighted by atomic mass is 10.1. The zero-order chi connectivity index (χ0) is 16.6. The van der Waals surface area contributed by atoms with Crippen molar-refractivity contribution >= 4 is 29.8 Å². The molecule has 0 radical (unpaired) electrons. The Kier molecular flexibility index (Phi) is 3.87. The number of carboxylic acids is 1. The van der Waals surface area contributed by atoms with Gasteiger partial charge in [0.1, 0.15) is 5.69 Å². The Hall–Kier alpha value is -2.67. The molecule has 0 aliphatic carbocycles. The number of aromatic carboxylic acids is 1. The molecule has 2 heterocycles. The molecule has 1 amide bonds. The molecule has 1 N–H and O–H groups in total. The van der Waals surface area contributed by atoms with Crippen molar-refractivity contribution in [2.75, 3.05) is 6.54 Å². The van der Waals surface area contributed by atoms with Gasteiger partial charge in [-0.25, -0.2) is 4.79 Å². The third-order valence-corrected chi connectivity index (χ3v) is 4.07. The zero-order valence-corrected chi connectivity index (χ0v) is 12.7. The van der Waals surface area contributed by atoms with Crippen molar-refractivity contribution in [3.63, 3.8) is 0 Å². The van der Waals surface area contributed by atoms with E-state index in [1.54, 1.807) is 12.1 Å². The van der Waals surface area contributed by atoms with Gasteiger partial charge in [-0.05, 0) is 11.6 Å². The van der Waals surface area contributed by atoms with Gasteiger partial charge in [0.2, 0.25) is 0 Å². The molecular weight excluding hydrogens is 322 g/mol. The average Bonchev–Trinajstić information content (AvgIpc) is 2.91. The van der Waals surface area contributed by atoms with Gasteiger partial charge in [-0.15, -0.1) is 0 Å². The number of amides is 1. The Morgan fingerprint density at radius 2 is 2.09 bits per heavy atom. The number of aromatic nitrogens is 2. The second-order valence-electron chi connectivity index (χ2n) is 5.08. The molecule has 8 heteroatoms. The fraction of sp³-hybridized carbons (Fsp3) is 0.200. The topological polar surface area (TPSA) is 92.5 Å².